The largest absolute Gasteiger partial charge is 0.458 e. The zero-order chi connectivity index (χ0) is 46.1. The van der Waals surface area contributed by atoms with Crippen molar-refractivity contribution in [3.8, 4) is 50.9 Å². The average molecular weight is 855 g/mol. The van der Waals surface area contributed by atoms with E-state index in [-0.39, 0.29) is 21.7 Å². The minimum absolute atomic E-state index is 0.0162. The molecule has 0 unspecified atom stereocenters. The van der Waals surface area contributed by atoms with Crippen LogP contribution < -0.4 is 9.30 Å². The van der Waals surface area contributed by atoms with Gasteiger partial charge in [-0.25, -0.2) is 4.98 Å². The molecular weight excluding hydrogens is 793 g/mol. The van der Waals surface area contributed by atoms with Gasteiger partial charge in [-0.15, -0.1) is 0 Å². The van der Waals surface area contributed by atoms with Crippen LogP contribution in [0.1, 0.15) is 105 Å². The van der Waals surface area contributed by atoms with Gasteiger partial charge in [-0.1, -0.05) is 162 Å². The summed E-state index contributed by atoms with van der Waals surface area (Å²) in [5, 5.41) is 2.34. The molecule has 3 aromatic heterocycles. The van der Waals surface area contributed by atoms with Crippen molar-refractivity contribution < 1.29 is 9.30 Å². The Labute approximate surface area is 386 Å². The minimum Gasteiger partial charge on any atom is -0.458 e. The predicted octanol–water partition coefficient (Wildman–Crippen LogP) is 15.4. The third-order valence-corrected chi connectivity index (χ3v) is 12.5. The molecule has 0 aliphatic rings. The molecule has 0 amide bonds. The maximum atomic E-state index is 6.94. The van der Waals surface area contributed by atoms with E-state index >= 15 is 0 Å². The SMILES string of the molecule is CC(C)(C)c1cc(Oc2ccc3c4ccccc4n(-c4cc(C(C)(C)C)ccn4)c3c2)cc(-n2[c-][n+](-c3cc(-c4ccccc4)c(C(C)(C)C)c(-c4ccccc4)c3)c(C(C)(C)C)c2)c1. The van der Waals surface area contributed by atoms with Crippen molar-refractivity contribution in [3.63, 3.8) is 0 Å². The number of rotatable bonds is 7. The third kappa shape index (κ3) is 8.53. The molecule has 3 heterocycles. The highest BCUT2D eigenvalue weighted by Crippen LogP contribution is 2.42. The highest BCUT2D eigenvalue weighted by molar-refractivity contribution is 6.09. The minimum atomic E-state index is -0.208. The quantitative estimate of drug-likeness (QED) is 0.118. The van der Waals surface area contributed by atoms with E-state index in [1.165, 1.54) is 44.3 Å². The van der Waals surface area contributed by atoms with E-state index in [2.05, 4.69) is 255 Å². The van der Waals surface area contributed by atoms with Crippen molar-refractivity contribution in [2.24, 2.45) is 0 Å². The Morgan fingerprint density at radius 3 is 1.71 bits per heavy atom. The van der Waals surface area contributed by atoms with Crippen molar-refractivity contribution in [2.45, 2.75) is 105 Å². The van der Waals surface area contributed by atoms with E-state index in [4.69, 9.17) is 9.72 Å². The molecule has 0 aliphatic heterocycles. The number of para-hydroxylation sites is 1. The fraction of sp³-hybridized carbons (Fsp3) is 0.267. The first-order valence-corrected chi connectivity index (χ1v) is 22.9. The number of hydrogen-bond donors (Lipinski definition) is 0. The lowest BCUT2D eigenvalue weighted by Crippen LogP contribution is -2.39. The molecular formula is C60H62N4O. The lowest BCUT2D eigenvalue weighted by Gasteiger charge is -2.29. The van der Waals surface area contributed by atoms with E-state index in [1.54, 1.807) is 0 Å². The number of ether oxygens (including phenoxy) is 1. The van der Waals surface area contributed by atoms with E-state index in [0.29, 0.717) is 0 Å². The van der Waals surface area contributed by atoms with Gasteiger partial charge >= 0.3 is 0 Å². The number of pyridine rings is 1. The molecule has 0 radical (unpaired) electrons. The highest BCUT2D eigenvalue weighted by atomic mass is 16.5. The predicted molar refractivity (Wildman–Crippen MR) is 270 cm³/mol. The van der Waals surface area contributed by atoms with Gasteiger partial charge in [0.05, 0.1) is 28.1 Å². The van der Waals surface area contributed by atoms with Crippen LogP contribution >= 0.6 is 0 Å². The summed E-state index contributed by atoms with van der Waals surface area (Å²) in [4.78, 5) is 4.91. The Hall–Kier alpha value is -6.72. The lowest BCUT2D eigenvalue weighted by atomic mass is 9.77. The van der Waals surface area contributed by atoms with Crippen LogP contribution in [0.15, 0.2) is 158 Å². The fourth-order valence-corrected chi connectivity index (χ4v) is 9.10. The van der Waals surface area contributed by atoms with Gasteiger partial charge in [0, 0.05) is 29.2 Å². The Bertz CT molecular complexity index is 3140. The standard InChI is InChI=1S/C60H62N4O/c1-57(2,3)42-29-30-61-55(33-42)64-52-26-20-19-25-48(52)49-28-27-46(37-53(49)64)65-47-32-43(58(4,5)6)31-44(34-47)62-38-54(59(7,8)9)63(39-62)45-35-50(40-21-15-13-16-22-40)56(60(10,11)12)51(36-45)41-23-17-14-18-24-41/h13-38H,1-12H3. The van der Waals surface area contributed by atoms with Gasteiger partial charge < -0.3 is 4.74 Å². The molecule has 6 aromatic carbocycles. The molecule has 0 atom stereocenters. The third-order valence-electron chi connectivity index (χ3n) is 12.5. The first-order chi connectivity index (χ1) is 30.7. The molecule has 9 aromatic rings. The first kappa shape index (κ1) is 43.5. The zero-order valence-corrected chi connectivity index (χ0v) is 40.2. The molecule has 0 N–H and O–H groups in total. The van der Waals surface area contributed by atoms with Crippen LogP contribution in [0.25, 0.3) is 61.3 Å². The van der Waals surface area contributed by atoms with Gasteiger partial charge in [-0.05, 0) is 121 Å². The Morgan fingerprint density at radius 2 is 1.11 bits per heavy atom. The normalized spacial score (nSPS) is 12.6. The van der Waals surface area contributed by atoms with Crippen molar-refractivity contribution in [3.05, 3.63) is 187 Å². The topological polar surface area (TPSA) is 35.9 Å². The van der Waals surface area contributed by atoms with Crippen LogP contribution in [0, 0.1) is 6.33 Å². The van der Waals surface area contributed by atoms with Gasteiger partial charge in [-0.3, -0.25) is 13.7 Å². The number of aromatic nitrogens is 4. The summed E-state index contributed by atoms with van der Waals surface area (Å²) in [7, 11) is 0. The van der Waals surface area contributed by atoms with Crippen molar-refractivity contribution in [1.29, 1.82) is 0 Å². The summed E-state index contributed by atoms with van der Waals surface area (Å²) in [5.41, 5.74) is 13.4. The molecule has 5 nitrogen and oxygen atoms in total. The van der Waals surface area contributed by atoms with Crippen molar-refractivity contribution in [2.75, 3.05) is 0 Å². The summed E-state index contributed by atoms with van der Waals surface area (Å²) < 4.78 is 13.6. The molecule has 65 heavy (non-hydrogen) atoms. The monoisotopic (exact) mass is 854 g/mol. The van der Waals surface area contributed by atoms with Gasteiger partial charge in [0.15, 0.2) is 0 Å². The molecule has 0 fully saturated rings. The molecule has 328 valence electrons. The van der Waals surface area contributed by atoms with Crippen LogP contribution in [0.3, 0.4) is 0 Å². The van der Waals surface area contributed by atoms with E-state index < -0.39 is 0 Å². The van der Waals surface area contributed by atoms with Gasteiger partial charge in [0.2, 0.25) is 0 Å². The first-order valence-electron chi connectivity index (χ1n) is 22.9. The molecule has 0 saturated carbocycles. The Kier molecular flexibility index (Phi) is 10.8. The maximum Gasteiger partial charge on any atom is 0.269 e. The lowest BCUT2D eigenvalue weighted by molar-refractivity contribution is -0.611. The number of imidazole rings is 1. The molecule has 9 rings (SSSR count). The van der Waals surface area contributed by atoms with Gasteiger partial charge in [0.1, 0.15) is 17.3 Å². The van der Waals surface area contributed by atoms with Crippen LogP contribution in [-0.2, 0) is 21.7 Å². The van der Waals surface area contributed by atoms with Gasteiger partial charge in [0.25, 0.3) is 6.33 Å². The van der Waals surface area contributed by atoms with Crippen molar-refractivity contribution >= 4 is 21.8 Å². The van der Waals surface area contributed by atoms with E-state index in [9.17, 15) is 0 Å². The summed E-state index contributed by atoms with van der Waals surface area (Å²) in [6, 6.07) is 52.3. The van der Waals surface area contributed by atoms with Crippen LogP contribution in [0.4, 0.5) is 0 Å². The maximum absolute atomic E-state index is 6.94. The number of benzene rings is 6. The second-order valence-corrected chi connectivity index (χ2v) is 21.7. The summed E-state index contributed by atoms with van der Waals surface area (Å²) >= 11 is 0. The van der Waals surface area contributed by atoms with Crippen molar-refractivity contribution in [1.82, 2.24) is 14.1 Å². The second-order valence-electron chi connectivity index (χ2n) is 21.7. The average Bonchev–Trinajstić information content (AvgIpc) is 3.87. The smallest absolute Gasteiger partial charge is 0.269 e. The van der Waals surface area contributed by atoms with Crippen LogP contribution in [-0.4, -0.2) is 14.1 Å². The molecule has 0 spiro atoms. The number of fused-ring (bicyclic) bond motifs is 3. The molecule has 0 bridgehead atoms. The van der Waals surface area contributed by atoms with Gasteiger partial charge in [-0.2, -0.15) is 0 Å². The fourth-order valence-electron chi connectivity index (χ4n) is 9.10. The zero-order valence-electron chi connectivity index (χ0n) is 40.2. The summed E-state index contributed by atoms with van der Waals surface area (Å²) in [6.07, 6.45) is 8.03. The molecule has 5 heteroatoms. The summed E-state index contributed by atoms with van der Waals surface area (Å²) in [5.74, 6) is 2.41. The second kappa shape index (κ2) is 16.1. The molecule has 0 saturated heterocycles. The Morgan fingerprint density at radius 1 is 0.508 bits per heavy atom. The summed E-state index contributed by atoms with van der Waals surface area (Å²) in [6.45, 7) is 27.3. The van der Waals surface area contributed by atoms with E-state index in [1.807, 2.05) is 6.20 Å². The van der Waals surface area contributed by atoms with Crippen LogP contribution in [0.2, 0.25) is 0 Å². The highest BCUT2D eigenvalue weighted by Gasteiger charge is 2.28. The van der Waals surface area contributed by atoms with Crippen LogP contribution in [0.5, 0.6) is 11.5 Å². The molecule has 0 aliphatic carbocycles. The number of nitrogens with zero attached hydrogens (tertiary/aromatic N) is 4. The Balaban J connectivity index is 1.20. The number of hydrogen-bond acceptors (Lipinski definition) is 2. The van der Waals surface area contributed by atoms with E-state index in [0.717, 1.165) is 50.8 Å².